The first kappa shape index (κ1) is 18.1. The van der Waals surface area contributed by atoms with Gasteiger partial charge in [-0.25, -0.2) is 0 Å². The number of hydrogen-bond acceptors (Lipinski definition) is 4. The molecule has 1 aliphatic heterocycles. The van der Waals surface area contributed by atoms with Crippen LogP contribution in [0.3, 0.4) is 0 Å². The molecule has 0 fully saturated rings. The van der Waals surface area contributed by atoms with Gasteiger partial charge in [-0.05, 0) is 37.6 Å². The Balaban J connectivity index is 1.61. The smallest absolute Gasteiger partial charge is 0.267 e. The lowest BCUT2D eigenvalue weighted by atomic mass is 10.1. The number of imide groups is 1. The van der Waals surface area contributed by atoms with E-state index < -0.39 is 11.8 Å². The van der Waals surface area contributed by atoms with E-state index in [2.05, 4.69) is 10.2 Å². The molecule has 0 aliphatic carbocycles. The van der Waals surface area contributed by atoms with E-state index in [4.69, 9.17) is 11.6 Å². The number of carbonyl (C=O) groups is 2. The molecule has 1 aromatic heterocycles. The van der Waals surface area contributed by atoms with Gasteiger partial charge in [0.2, 0.25) is 0 Å². The van der Waals surface area contributed by atoms with E-state index in [9.17, 15) is 9.59 Å². The lowest BCUT2D eigenvalue weighted by molar-refractivity contribution is 0.0660. The van der Waals surface area contributed by atoms with Crippen LogP contribution < -0.4 is 0 Å². The molecular weight excluding hydrogens is 376 g/mol. The van der Waals surface area contributed by atoms with Crippen LogP contribution in [-0.4, -0.2) is 32.8 Å². The van der Waals surface area contributed by atoms with E-state index >= 15 is 0 Å². The van der Waals surface area contributed by atoms with E-state index in [1.807, 2.05) is 42.8 Å². The van der Waals surface area contributed by atoms with Gasteiger partial charge in [-0.2, -0.15) is 15.2 Å². The van der Waals surface area contributed by atoms with E-state index in [1.165, 1.54) is 6.21 Å². The number of hydrazone groups is 1. The number of aryl methyl sites for hydroxylation is 1. The maximum atomic E-state index is 12.4. The Morgan fingerprint density at radius 1 is 1.00 bits per heavy atom. The third-order valence-corrected chi connectivity index (χ3v) is 5.16. The monoisotopic (exact) mass is 392 g/mol. The molecule has 0 unspecified atom stereocenters. The number of amides is 2. The van der Waals surface area contributed by atoms with Gasteiger partial charge in [0, 0.05) is 16.3 Å². The molecule has 0 bridgehead atoms. The zero-order valence-electron chi connectivity index (χ0n) is 15.4. The minimum absolute atomic E-state index is 0.368. The molecule has 0 saturated heterocycles. The molecule has 6 nitrogen and oxygen atoms in total. The normalized spacial score (nSPS) is 13.6. The molecule has 4 rings (SSSR count). The number of aromatic nitrogens is 2. The third-order valence-electron chi connectivity index (χ3n) is 4.79. The van der Waals surface area contributed by atoms with Crippen molar-refractivity contribution in [2.75, 3.05) is 0 Å². The average molecular weight is 393 g/mol. The van der Waals surface area contributed by atoms with E-state index in [-0.39, 0.29) is 0 Å². The third kappa shape index (κ3) is 3.01. The minimum atomic E-state index is -0.421. The summed E-state index contributed by atoms with van der Waals surface area (Å²) in [7, 11) is 0. The second kappa shape index (κ2) is 7.05. The van der Waals surface area contributed by atoms with Gasteiger partial charge in [0.15, 0.2) is 0 Å². The van der Waals surface area contributed by atoms with Crippen molar-refractivity contribution < 1.29 is 9.59 Å². The maximum absolute atomic E-state index is 12.4. The molecule has 0 N–H and O–H groups in total. The molecule has 28 heavy (non-hydrogen) atoms. The van der Waals surface area contributed by atoms with E-state index in [0.717, 1.165) is 27.5 Å². The summed E-state index contributed by atoms with van der Waals surface area (Å²) in [6, 6.07) is 14.3. The van der Waals surface area contributed by atoms with E-state index in [1.54, 1.807) is 24.3 Å². The van der Waals surface area contributed by atoms with Crippen LogP contribution in [0.25, 0.3) is 0 Å². The second-order valence-electron chi connectivity index (χ2n) is 6.55. The highest BCUT2D eigenvalue weighted by Gasteiger charge is 2.35. The lowest BCUT2D eigenvalue weighted by Gasteiger charge is -2.07. The zero-order valence-corrected chi connectivity index (χ0v) is 16.1. The van der Waals surface area contributed by atoms with Crippen molar-refractivity contribution in [1.29, 1.82) is 0 Å². The SMILES string of the molecule is Cc1nn(Cc2ccccc2Cl)c(C)c1/C=N\N1C(=O)c2ccccc2C1=O. The van der Waals surface area contributed by atoms with Gasteiger partial charge < -0.3 is 0 Å². The highest BCUT2D eigenvalue weighted by Crippen LogP contribution is 2.23. The lowest BCUT2D eigenvalue weighted by Crippen LogP contribution is -2.24. The van der Waals surface area contributed by atoms with Gasteiger partial charge in [0.1, 0.15) is 0 Å². The Bertz CT molecular complexity index is 1100. The first-order chi connectivity index (χ1) is 13.5. The standard InChI is InChI=1S/C21H17ClN4O2/c1-13-18(14(2)25(24-13)12-15-7-3-6-10-19(15)22)11-23-26-20(27)16-8-4-5-9-17(16)21(26)28/h3-11H,12H2,1-2H3/b23-11-. The quantitative estimate of drug-likeness (QED) is 0.500. The van der Waals surface area contributed by atoms with Crippen molar-refractivity contribution in [3.8, 4) is 0 Å². The zero-order chi connectivity index (χ0) is 19.8. The number of rotatable bonds is 4. The molecule has 3 aromatic rings. The van der Waals surface area contributed by atoms with Crippen LogP contribution in [0.5, 0.6) is 0 Å². The Morgan fingerprint density at radius 3 is 2.25 bits per heavy atom. The Morgan fingerprint density at radius 2 is 1.61 bits per heavy atom. The number of halogens is 1. The predicted molar refractivity (Wildman–Crippen MR) is 107 cm³/mol. The van der Waals surface area contributed by atoms with Crippen LogP contribution >= 0.6 is 11.6 Å². The number of hydrogen-bond donors (Lipinski definition) is 0. The molecule has 2 amide bonds. The fraction of sp³-hybridized carbons (Fsp3) is 0.143. The number of carbonyl (C=O) groups excluding carboxylic acids is 2. The van der Waals surface area contributed by atoms with Crippen molar-refractivity contribution in [2.24, 2.45) is 5.10 Å². The van der Waals surface area contributed by atoms with Crippen molar-refractivity contribution >= 4 is 29.6 Å². The summed E-state index contributed by atoms with van der Waals surface area (Å²) in [5.74, 6) is -0.841. The van der Waals surface area contributed by atoms with Crippen LogP contribution in [0, 0.1) is 13.8 Å². The van der Waals surface area contributed by atoms with Gasteiger partial charge in [0.25, 0.3) is 11.8 Å². The van der Waals surface area contributed by atoms with Crippen LogP contribution in [0.1, 0.15) is 43.2 Å². The molecule has 0 spiro atoms. The first-order valence-electron chi connectivity index (χ1n) is 8.76. The molecule has 0 radical (unpaired) electrons. The predicted octanol–water partition coefficient (Wildman–Crippen LogP) is 3.83. The highest BCUT2D eigenvalue weighted by molar-refractivity contribution is 6.31. The molecule has 1 aliphatic rings. The van der Waals surface area contributed by atoms with Gasteiger partial charge in [-0.3, -0.25) is 14.3 Å². The molecule has 0 atom stereocenters. The Labute approximate surface area is 167 Å². The second-order valence-corrected chi connectivity index (χ2v) is 6.95. The summed E-state index contributed by atoms with van der Waals surface area (Å²) in [5, 5.41) is 10.3. The number of benzene rings is 2. The van der Waals surface area contributed by atoms with Crippen LogP contribution in [0.4, 0.5) is 0 Å². The molecular formula is C21H17ClN4O2. The van der Waals surface area contributed by atoms with Crippen molar-refractivity contribution in [3.05, 3.63) is 87.2 Å². The number of fused-ring (bicyclic) bond motifs is 1. The Hall–Kier alpha value is -3.25. The topological polar surface area (TPSA) is 67.6 Å². The van der Waals surface area contributed by atoms with Crippen LogP contribution in [0.2, 0.25) is 5.02 Å². The fourth-order valence-corrected chi connectivity index (χ4v) is 3.43. The summed E-state index contributed by atoms with van der Waals surface area (Å²) < 4.78 is 1.83. The molecule has 2 aromatic carbocycles. The van der Waals surface area contributed by atoms with E-state index in [0.29, 0.717) is 22.7 Å². The largest absolute Gasteiger partial charge is 0.282 e. The van der Waals surface area contributed by atoms with Gasteiger partial charge >= 0.3 is 0 Å². The Kier molecular flexibility index (Phi) is 4.57. The summed E-state index contributed by atoms with van der Waals surface area (Å²) in [6.07, 6.45) is 1.52. The average Bonchev–Trinajstić information content (AvgIpc) is 3.09. The summed E-state index contributed by atoms with van der Waals surface area (Å²) in [4.78, 5) is 24.9. The fourth-order valence-electron chi connectivity index (χ4n) is 3.24. The van der Waals surface area contributed by atoms with Crippen LogP contribution in [0.15, 0.2) is 53.6 Å². The summed E-state index contributed by atoms with van der Waals surface area (Å²) >= 11 is 6.25. The maximum Gasteiger partial charge on any atom is 0.282 e. The van der Waals surface area contributed by atoms with Gasteiger partial charge in [-0.15, -0.1) is 0 Å². The minimum Gasteiger partial charge on any atom is -0.267 e. The van der Waals surface area contributed by atoms with Crippen molar-refractivity contribution in [3.63, 3.8) is 0 Å². The summed E-state index contributed by atoms with van der Waals surface area (Å²) in [5.41, 5.74) is 4.09. The highest BCUT2D eigenvalue weighted by atomic mass is 35.5. The van der Waals surface area contributed by atoms with Gasteiger partial charge in [0.05, 0.1) is 29.6 Å². The molecule has 2 heterocycles. The first-order valence-corrected chi connectivity index (χ1v) is 9.14. The summed E-state index contributed by atoms with van der Waals surface area (Å²) in [6.45, 7) is 4.30. The molecule has 7 heteroatoms. The van der Waals surface area contributed by atoms with Gasteiger partial charge in [-0.1, -0.05) is 41.9 Å². The van der Waals surface area contributed by atoms with Crippen LogP contribution in [-0.2, 0) is 6.54 Å². The van der Waals surface area contributed by atoms with Crippen molar-refractivity contribution in [1.82, 2.24) is 14.8 Å². The molecule has 0 saturated carbocycles. The molecule has 140 valence electrons. The van der Waals surface area contributed by atoms with Crippen molar-refractivity contribution in [2.45, 2.75) is 20.4 Å². The number of nitrogens with zero attached hydrogens (tertiary/aromatic N) is 4.